The average molecular weight is 262 g/mol. The molecule has 2 amide bonds. The number of hydrogen-bond acceptors (Lipinski definition) is 3. The molecule has 2 unspecified atom stereocenters. The first-order valence-corrected chi connectivity index (χ1v) is 6.41. The number of amides is 2. The van der Waals surface area contributed by atoms with Gasteiger partial charge in [-0.3, -0.25) is 9.59 Å². The van der Waals surface area contributed by atoms with Gasteiger partial charge < -0.3 is 15.7 Å². The normalized spacial score (nSPS) is 19.8. The first-order valence-electron chi connectivity index (χ1n) is 6.41. The van der Waals surface area contributed by atoms with E-state index in [9.17, 15) is 14.7 Å². The van der Waals surface area contributed by atoms with Crippen molar-refractivity contribution in [3.63, 3.8) is 0 Å². The minimum atomic E-state index is -0.322. The zero-order valence-corrected chi connectivity index (χ0v) is 10.6. The highest BCUT2D eigenvalue weighted by atomic mass is 16.3. The maximum absolute atomic E-state index is 11.9. The topological polar surface area (TPSA) is 78.4 Å². The van der Waals surface area contributed by atoms with Gasteiger partial charge in [0.2, 0.25) is 11.8 Å². The van der Waals surface area contributed by atoms with Crippen LogP contribution in [-0.2, 0) is 16.0 Å². The largest absolute Gasteiger partial charge is 0.394 e. The van der Waals surface area contributed by atoms with Crippen molar-refractivity contribution >= 4 is 11.8 Å². The number of nitrogens with one attached hydrogen (secondary N) is 2. The van der Waals surface area contributed by atoms with Gasteiger partial charge >= 0.3 is 0 Å². The van der Waals surface area contributed by atoms with E-state index in [1.807, 2.05) is 30.3 Å². The van der Waals surface area contributed by atoms with Gasteiger partial charge in [-0.15, -0.1) is 0 Å². The second-order valence-corrected chi connectivity index (χ2v) is 4.78. The van der Waals surface area contributed by atoms with Crippen molar-refractivity contribution in [3.05, 3.63) is 35.9 Å². The second kappa shape index (κ2) is 6.33. The summed E-state index contributed by atoms with van der Waals surface area (Å²) in [6, 6.07) is 9.36. The summed E-state index contributed by atoms with van der Waals surface area (Å²) in [6.07, 6.45) is 0.812. The fourth-order valence-electron chi connectivity index (χ4n) is 2.17. The van der Waals surface area contributed by atoms with E-state index in [0.717, 1.165) is 5.56 Å². The van der Waals surface area contributed by atoms with Crippen LogP contribution in [0.5, 0.6) is 0 Å². The van der Waals surface area contributed by atoms with Crippen molar-refractivity contribution in [1.82, 2.24) is 10.6 Å². The molecule has 2 rings (SSSR count). The molecule has 1 aromatic carbocycles. The van der Waals surface area contributed by atoms with E-state index in [0.29, 0.717) is 13.0 Å². The molecular weight excluding hydrogens is 244 g/mol. The quantitative estimate of drug-likeness (QED) is 0.690. The first kappa shape index (κ1) is 13.5. The minimum Gasteiger partial charge on any atom is -0.394 e. The SMILES string of the molecule is O=C1CC(C(=O)NC(CO)Cc2ccccc2)CN1. The smallest absolute Gasteiger partial charge is 0.225 e. The number of carbonyl (C=O) groups is 2. The van der Waals surface area contributed by atoms with Gasteiger partial charge in [-0.1, -0.05) is 30.3 Å². The fraction of sp³-hybridized carbons (Fsp3) is 0.429. The Bertz CT molecular complexity index is 447. The zero-order chi connectivity index (χ0) is 13.7. The van der Waals surface area contributed by atoms with E-state index in [4.69, 9.17) is 0 Å². The lowest BCUT2D eigenvalue weighted by Gasteiger charge is -2.18. The van der Waals surface area contributed by atoms with Gasteiger partial charge in [0.25, 0.3) is 0 Å². The van der Waals surface area contributed by atoms with Gasteiger partial charge in [-0.05, 0) is 12.0 Å². The van der Waals surface area contributed by atoms with E-state index in [-0.39, 0.29) is 36.8 Å². The summed E-state index contributed by atoms with van der Waals surface area (Å²) in [5, 5.41) is 14.8. The van der Waals surface area contributed by atoms with Crippen LogP contribution >= 0.6 is 0 Å². The molecule has 19 heavy (non-hydrogen) atoms. The average Bonchev–Trinajstić information content (AvgIpc) is 2.86. The molecule has 1 aliphatic rings. The third-order valence-electron chi connectivity index (χ3n) is 3.24. The van der Waals surface area contributed by atoms with Crippen LogP contribution in [0.4, 0.5) is 0 Å². The zero-order valence-electron chi connectivity index (χ0n) is 10.6. The number of hydrogen-bond donors (Lipinski definition) is 3. The van der Waals surface area contributed by atoms with Crippen LogP contribution in [0.1, 0.15) is 12.0 Å². The van der Waals surface area contributed by atoms with E-state index in [1.54, 1.807) is 0 Å². The number of aliphatic hydroxyl groups excluding tert-OH is 1. The van der Waals surface area contributed by atoms with E-state index >= 15 is 0 Å². The number of benzene rings is 1. The molecule has 5 heteroatoms. The Labute approximate surface area is 112 Å². The number of carbonyl (C=O) groups excluding carboxylic acids is 2. The van der Waals surface area contributed by atoms with Crippen molar-refractivity contribution in [2.75, 3.05) is 13.2 Å². The van der Waals surface area contributed by atoms with E-state index in [2.05, 4.69) is 10.6 Å². The molecule has 1 aliphatic heterocycles. The predicted molar refractivity (Wildman–Crippen MR) is 70.3 cm³/mol. The van der Waals surface area contributed by atoms with Crippen LogP contribution in [0.15, 0.2) is 30.3 Å². The van der Waals surface area contributed by atoms with Gasteiger partial charge in [-0.25, -0.2) is 0 Å². The molecule has 0 bridgehead atoms. The molecular formula is C14H18N2O3. The molecule has 5 nitrogen and oxygen atoms in total. The van der Waals surface area contributed by atoms with Crippen molar-refractivity contribution in [2.45, 2.75) is 18.9 Å². The van der Waals surface area contributed by atoms with Crippen LogP contribution in [0.25, 0.3) is 0 Å². The summed E-state index contributed by atoms with van der Waals surface area (Å²) in [6.45, 7) is 0.267. The predicted octanol–water partition coefficient (Wildman–Crippen LogP) is -0.158. The summed E-state index contributed by atoms with van der Waals surface area (Å²) < 4.78 is 0. The molecule has 0 spiro atoms. The van der Waals surface area contributed by atoms with Crippen molar-refractivity contribution < 1.29 is 14.7 Å². The Morgan fingerprint density at radius 2 is 2.16 bits per heavy atom. The van der Waals surface area contributed by atoms with Gasteiger partial charge in [-0.2, -0.15) is 0 Å². The molecule has 0 aromatic heterocycles. The fourth-order valence-corrected chi connectivity index (χ4v) is 2.17. The van der Waals surface area contributed by atoms with Crippen molar-refractivity contribution in [3.8, 4) is 0 Å². The molecule has 1 saturated heterocycles. The maximum Gasteiger partial charge on any atom is 0.225 e. The molecule has 2 atom stereocenters. The highest BCUT2D eigenvalue weighted by Gasteiger charge is 2.29. The van der Waals surface area contributed by atoms with E-state index in [1.165, 1.54) is 0 Å². The maximum atomic E-state index is 11.9. The molecule has 3 N–H and O–H groups in total. The summed E-state index contributed by atoms with van der Waals surface area (Å²) in [5.74, 6) is -0.589. The lowest BCUT2D eigenvalue weighted by atomic mass is 10.0. The number of rotatable bonds is 5. The molecule has 0 saturated carbocycles. The van der Waals surface area contributed by atoms with Gasteiger partial charge in [0, 0.05) is 13.0 Å². The number of aliphatic hydroxyl groups is 1. The van der Waals surface area contributed by atoms with Crippen LogP contribution in [-0.4, -0.2) is 36.1 Å². The summed E-state index contributed by atoms with van der Waals surface area (Å²) in [4.78, 5) is 23.0. The highest BCUT2D eigenvalue weighted by molar-refractivity contribution is 5.89. The Morgan fingerprint density at radius 3 is 2.74 bits per heavy atom. The van der Waals surface area contributed by atoms with Crippen molar-refractivity contribution in [1.29, 1.82) is 0 Å². The molecule has 0 radical (unpaired) electrons. The molecule has 1 heterocycles. The Morgan fingerprint density at radius 1 is 1.42 bits per heavy atom. The van der Waals surface area contributed by atoms with Crippen molar-refractivity contribution in [2.24, 2.45) is 5.92 Å². The summed E-state index contributed by atoms with van der Waals surface area (Å²) in [7, 11) is 0. The standard InChI is InChI=1S/C14H18N2O3/c17-9-12(6-10-4-2-1-3-5-10)16-14(19)11-7-13(18)15-8-11/h1-5,11-12,17H,6-9H2,(H,15,18)(H,16,19). The van der Waals surface area contributed by atoms with Crippen LogP contribution in [0.2, 0.25) is 0 Å². The van der Waals surface area contributed by atoms with Crippen LogP contribution in [0.3, 0.4) is 0 Å². The molecule has 0 aliphatic carbocycles. The molecule has 1 aromatic rings. The summed E-state index contributed by atoms with van der Waals surface area (Å²) in [5.41, 5.74) is 1.06. The summed E-state index contributed by atoms with van der Waals surface area (Å²) >= 11 is 0. The first-order chi connectivity index (χ1) is 9.19. The third kappa shape index (κ3) is 3.79. The Balaban J connectivity index is 1.88. The second-order valence-electron chi connectivity index (χ2n) is 4.78. The Kier molecular flexibility index (Phi) is 4.52. The molecule has 102 valence electrons. The Hall–Kier alpha value is -1.88. The lowest BCUT2D eigenvalue weighted by Crippen LogP contribution is -2.42. The van der Waals surface area contributed by atoms with Gasteiger partial charge in [0.05, 0.1) is 18.6 Å². The third-order valence-corrected chi connectivity index (χ3v) is 3.24. The lowest BCUT2D eigenvalue weighted by molar-refractivity contribution is -0.127. The van der Waals surface area contributed by atoms with E-state index < -0.39 is 0 Å². The minimum absolute atomic E-state index is 0.0937. The van der Waals surface area contributed by atoms with Crippen LogP contribution < -0.4 is 10.6 Å². The molecule has 1 fully saturated rings. The van der Waals surface area contributed by atoms with Gasteiger partial charge in [0.15, 0.2) is 0 Å². The van der Waals surface area contributed by atoms with Gasteiger partial charge in [0.1, 0.15) is 0 Å². The monoisotopic (exact) mass is 262 g/mol. The highest BCUT2D eigenvalue weighted by Crippen LogP contribution is 2.10. The van der Waals surface area contributed by atoms with Crippen LogP contribution in [0, 0.1) is 5.92 Å².